The van der Waals surface area contributed by atoms with Crippen LogP contribution >= 0.6 is 0 Å². The minimum Gasteiger partial charge on any atom is -0.496 e. The minimum atomic E-state index is 0.850. The van der Waals surface area contributed by atoms with E-state index in [4.69, 9.17) is 4.74 Å². The van der Waals surface area contributed by atoms with Gasteiger partial charge in [0, 0.05) is 24.3 Å². The maximum absolute atomic E-state index is 5.45. The van der Waals surface area contributed by atoms with Crippen LogP contribution in [0, 0.1) is 5.92 Å². The summed E-state index contributed by atoms with van der Waals surface area (Å²) in [4.78, 5) is 2.52. The molecule has 0 spiro atoms. The van der Waals surface area contributed by atoms with Crippen molar-refractivity contribution < 1.29 is 4.74 Å². The molecule has 3 rings (SSSR count). The monoisotopic (exact) mass is 203 g/mol. The molecular weight excluding hydrogens is 186 g/mol. The van der Waals surface area contributed by atoms with Crippen LogP contribution in [0.3, 0.4) is 0 Å². The molecule has 2 bridgehead atoms. The molecule has 1 aromatic rings. The number of benzene rings is 1. The molecule has 0 amide bonds. The Kier molecular flexibility index (Phi) is 2.08. The Morgan fingerprint density at radius 1 is 1.40 bits per heavy atom. The van der Waals surface area contributed by atoms with Gasteiger partial charge in [0.1, 0.15) is 5.75 Å². The van der Waals surface area contributed by atoms with Crippen molar-refractivity contribution in [1.29, 1.82) is 0 Å². The predicted molar refractivity (Wildman–Crippen MR) is 61.6 cm³/mol. The summed E-state index contributed by atoms with van der Waals surface area (Å²) in [5.41, 5.74) is 2.83. The first kappa shape index (κ1) is 9.08. The van der Waals surface area contributed by atoms with Crippen LogP contribution in [-0.2, 0) is 6.42 Å². The fourth-order valence-corrected chi connectivity index (χ4v) is 2.99. The number of anilines is 1. The third kappa shape index (κ3) is 1.39. The lowest BCUT2D eigenvalue weighted by Gasteiger charge is -2.40. The number of ether oxygens (including phenoxy) is 1. The van der Waals surface area contributed by atoms with Gasteiger partial charge in [0.25, 0.3) is 0 Å². The van der Waals surface area contributed by atoms with Crippen molar-refractivity contribution in [3.8, 4) is 5.75 Å². The van der Waals surface area contributed by atoms with Gasteiger partial charge in [-0.1, -0.05) is 6.07 Å². The Balaban J connectivity index is 2.08. The van der Waals surface area contributed by atoms with Gasteiger partial charge in [0.2, 0.25) is 0 Å². The zero-order valence-electron chi connectivity index (χ0n) is 9.20. The third-order valence-corrected chi connectivity index (χ3v) is 3.68. The van der Waals surface area contributed by atoms with E-state index in [9.17, 15) is 0 Å². The molecule has 1 saturated heterocycles. The Labute approximate surface area is 90.8 Å². The second kappa shape index (κ2) is 3.44. The van der Waals surface area contributed by atoms with E-state index in [2.05, 4.69) is 23.1 Å². The van der Waals surface area contributed by atoms with Crippen molar-refractivity contribution in [2.45, 2.75) is 19.3 Å². The average Bonchev–Trinajstić information content (AvgIpc) is 2.29. The zero-order chi connectivity index (χ0) is 10.3. The van der Waals surface area contributed by atoms with E-state index < -0.39 is 0 Å². The highest BCUT2D eigenvalue weighted by atomic mass is 16.5. The number of fused-ring (bicyclic) bond motifs is 4. The van der Waals surface area contributed by atoms with Crippen LogP contribution in [0.1, 0.15) is 18.4 Å². The smallest absolute Gasteiger partial charge is 0.124 e. The summed E-state index contributed by atoms with van der Waals surface area (Å²) in [6.45, 7) is 2.47. The van der Waals surface area contributed by atoms with Crippen molar-refractivity contribution in [3.63, 3.8) is 0 Å². The van der Waals surface area contributed by atoms with E-state index in [-0.39, 0.29) is 0 Å². The van der Waals surface area contributed by atoms with Crippen molar-refractivity contribution in [3.05, 3.63) is 23.8 Å². The number of methoxy groups -OCH3 is 1. The largest absolute Gasteiger partial charge is 0.496 e. The minimum absolute atomic E-state index is 0.850. The molecule has 1 fully saturated rings. The van der Waals surface area contributed by atoms with Crippen LogP contribution < -0.4 is 9.64 Å². The second-order valence-electron chi connectivity index (χ2n) is 4.62. The summed E-state index contributed by atoms with van der Waals surface area (Å²) < 4.78 is 5.45. The van der Waals surface area contributed by atoms with Crippen molar-refractivity contribution >= 4 is 5.69 Å². The van der Waals surface area contributed by atoms with E-state index in [1.54, 1.807) is 7.11 Å². The number of rotatable bonds is 1. The quantitative estimate of drug-likeness (QED) is 0.695. The van der Waals surface area contributed by atoms with Gasteiger partial charge in [-0.25, -0.2) is 0 Å². The van der Waals surface area contributed by atoms with Crippen molar-refractivity contribution in [1.82, 2.24) is 0 Å². The van der Waals surface area contributed by atoms with E-state index in [1.165, 1.54) is 43.6 Å². The molecule has 1 unspecified atom stereocenters. The molecule has 0 saturated carbocycles. The number of hydrogen-bond donors (Lipinski definition) is 0. The molecule has 1 atom stereocenters. The number of piperidine rings is 1. The van der Waals surface area contributed by atoms with E-state index in [0.717, 1.165) is 11.7 Å². The van der Waals surface area contributed by atoms with Gasteiger partial charge in [0.05, 0.1) is 7.11 Å². The molecule has 2 heteroatoms. The fraction of sp³-hybridized carbons (Fsp3) is 0.538. The SMILES string of the molecule is COc1cccc2c1CC1CCCN2C1. The fourth-order valence-electron chi connectivity index (χ4n) is 2.99. The standard InChI is InChI=1S/C13H17NO/c1-15-13-6-2-5-12-11(13)8-10-4-3-7-14(12)9-10/h2,5-6,10H,3-4,7-9H2,1H3. The summed E-state index contributed by atoms with van der Waals surface area (Å²) in [6, 6.07) is 6.42. The molecule has 2 nitrogen and oxygen atoms in total. The Morgan fingerprint density at radius 2 is 2.33 bits per heavy atom. The molecule has 0 radical (unpaired) electrons. The molecule has 80 valence electrons. The molecule has 2 heterocycles. The van der Waals surface area contributed by atoms with E-state index >= 15 is 0 Å². The first-order valence-electron chi connectivity index (χ1n) is 5.79. The third-order valence-electron chi connectivity index (χ3n) is 3.68. The lowest BCUT2D eigenvalue weighted by molar-refractivity contribution is 0.371. The highest BCUT2D eigenvalue weighted by Crippen LogP contribution is 2.39. The molecule has 0 aliphatic carbocycles. The molecule has 2 aliphatic rings. The Bertz CT molecular complexity index is 375. The number of nitrogens with zero attached hydrogens (tertiary/aromatic N) is 1. The van der Waals surface area contributed by atoms with Crippen LogP contribution in [0.4, 0.5) is 5.69 Å². The highest BCUT2D eigenvalue weighted by molar-refractivity contribution is 5.61. The van der Waals surface area contributed by atoms with Crippen LogP contribution in [0.25, 0.3) is 0 Å². The second-order valence-corrected chi connectivity index (χ2v) is 4.62. The Morgan fingerprint density at radius 3 is 3.20 bits per heavy atom. The molecular formula is C13H17NO. The molecule has 1 aromatic carbocycles. The lowest BCUT2D eigenvalue weighted by Crippen LogP contribution is -2.40. The van der Waals surface area contributed by atoms with Crippen LogP contribution in [0.15, 0.2) is 18.2 Å². The van der Waals surface area contributed by atoms with Gasteiger partial charge in [-0.3, -0.25) is 0 Å². The van der Waals surface area contributed by atoms with Crippen LogP contribution in [0.2, 0.25) is 0 Å². The zero-order valence-corrected chi connectivity index (χ0v) is 9.20. The highest BCUT2D eigenvalue weighted by Gasteiger charge is 2.29. The van der Waals surface area contributed by atoms with Crippen LogP contribution in [-0.4, -0.2) is 20.2 Å². The molecule has 0 aromatic heterocycles. The summed E-state index contributed by atoms with van der Waals surface area (Å²) in [7, 11) is 1.77. The molecule has 0 N–H and O–H groups in total. The first-order chi connectivity index (χ1) is 7.38. The van der Waals surface area contributed by atoms with Gasteiger partial charge in [-0.05, 0) is 37.3 Å². The molecule has 2 aliphatic heterocycles. The number of hydrogen-bond acceptors (Lipinski definition) is 2. The van der Waals surface area contributed by atoms with Gasteiger partial charge >= 0.3 is 0 Å². The van der Waals surface area contributed by atoms with Gasteiger partial charge in [-0.2, -0.15) is 0 Å². The maximum atomic E-state index is 5.45. The van der Waals surface area contributed by atoms with Gasteiger partial charge in [0.15, 0.2) is 0 Å². The van der Waals surface area contributed by atoms with E-state index in [1.807, 2.05) is 0 Å². The first-order valence-corrected chi connectivity index (χ1v) is 5.79. The predicted octanol–water partition coefficient (Wildman–Crippen LogP) is 2.47. The summed E-state index contributed by atoms with van der Waals surface area (Å²) in [6.07, 6.45) is 3.94. The maximum Gasteiger partial charge on any atom is 0.124 e. The lowest BCUT2D eigenvalue weighted by atomic mass is 9.85. The van der Waals surface area contributed by atoms with Gasteiger partial charge < -0.3 is 9.64 Å². The van der Waals surface area contributed by atoms with Crippen molar-refractivity contribution in [2.75, 3.05) is 25.1 Å². The van der Waals surface area contributed by atoms with Crippen molar-refractivity contribution in [2.24, 2.45) is 5.92 Å². The summed E-state index contributed by atoms with van der Waals surface area (Å²) in [5, 5.41) is 0. The summed E-state index contributed by atoms with van der Waals surface area (Å²) in [5.74, 6) is 1.92. The Hall–Kier alpha value is -1.18. The topological polar surface area (TPSA) is 12.5 Å². The normalized spacial score (nSPS) is 23.5. The van der Waals surface area contributed by atoms with Gasteiger partial charge in [-0.15, -0.1) is 0 Å². The van der Waals surface area contributed by atoms with Crippen LogP contribution in [0.5, 0.6) is 5.75 Å². The van der Waals surface area contributed by atoms with E-state index in [0.29, 0.717) is 0 Å². The average molecular weight is 203 g/mol. The summed E-state index contributed by atoms with van der Waals surface area (Å²) >= 11 is 0. The molecule has 15 heavy (non-hydrogen) atoms.